The molecule has 8 heteroatoms. The van der Waals surface area contributed by atoms with Gasteiger partial charge in [0.1, 0.15) is 11.6 Å². The van der Waals surface area contributed by atoms with Crippen LogP contribution in [-0.2, 0) is 6.42 Å². The van der Waals surface area contributed by atoms with Crippen LogP contribution in [0.3, 0.4) is 0 Å². The van der Waals surface area contributed by atoms with E-state index in [4.69, 9.17) is 4.74 Å². The number of hydrogen-bond donors (Lipinski definition) is 1. The topological polar surface area (TPSA) is 75.5 Å². The number of amides is 1. The first kappa shape index (κ1) is 16.3. The van der Waals surface area contributed by atoms with Crippen molar-refractivity contribution in [3.05, 3.63) is 41.2 Å². The summed E-state index contributed by atoms with van der Waals surface area (Å²) in [6.07, 6.45) is 1.37. The zero-order chi connectivity index (χ0) is 17.4. The Hall–Kier alpha value is -2.22. The number of aromatic nitrogens is 2. The second kappa shape index (κ2) is 6.59. The van der Waals surface area contributed by atoms with Gasteiger partial charge in [0.2, 0.25) is 0 Å². The molecule has 2 aliphatic rings. The number of carbonyl (C=O) groups is 1. The first-order valence-electron chi connectivity index (χ1n) is 8.28. The number of likely N-dealkylation sites (tertiary alicyclic amines) is 1. The third kappa shape index (κ3) is 3.30. The summed E-state index contributed by atoms with van der Waals surface area (Å²) in [5.41, 5.74) is 0.838. The second-order valence-electron chi connectivity index (χ2n) is 6.69. The molecule has 2 fully saturated rings. The van der Waals surface area contributed by atoms with Gasteiger partial charge in [-0.15, -0.1) is 5.10 Å². The number of ether oxygens (including phenoxy) is 1. The Labute approximate surface area is 148 Å². The van der Waals surface area contributed by atoms with Gasteiger partial charge in [-0.05, 0) is 60.5 Å². The van der Waals surface area contributed by atoms with Crippen LogP contribution in [0.25, 0.3) is 0 Å². The molecule has 2 aromatic rings. The van der Waals surface area contributed by atoms with Crippen LogP contribution in [-0.4, -0.2) is 44.4 Å². The van der Waals surface area contributed by atoms with Crippen molar-refractivity contribution in [1.82, 2.24) is 14.5 Å². The minimum atomic E-state index is -0.876. The summed E-state index contributed by atoms with van der Waals surface area (Å²) >= 11 is 1.28. The zero-order valence-corrected chi connectivity index (χ0v) is 14.2. The summed E-state index contributed by atoms with van der Waals surface area (Å²) in [6, 6.07) is 5.94. The number of nitrogens with zero attached hydrogens (tertiary/aromatic N) is 3. The highest BCUT2D eigenvalue weighted by Gasteiger charge is 2.49. The SMILES string of the molecule is O=C(O)N1C[C@@H]2C[C@H](Oc3ccc(F)cc3)C[C@@H]2C1Cc1csnn1. The third-order valence-electron chi connectivity index (χ3n) is 5.22. The molecule has 132 valence electrons. The average Bonchev–Trinajstić information content (AvgIpc) is 3.28. The Morgan fingerprint density at radius 3 is 2.84 bits per heavy atom. The Morgan fingerprint density at radius 2 is 2.16 bits per heavy atom. The van der Waals surface area contributed by atoms with E-state index >= 15 is 0 Å². The number of benzene rings is 1. The molecule has 4 rings (SSSR count). The Morgan fingerprint density at radius 1 is 1.36 bits per heavy atom. The van der Waals surface area contributed by atoms with Crippen LogP contribution in [0, 0.1) is 17.7 Å². The summed E-state index contributed by atoms with van der Waals surface area (Å²) in [5, 5.41) is 15.5. The molecule has 1 saturated heterocycles. The van der Waals surface area contributed by atoms with Crippen LogP contribution >= 0.6 is 11.5 Å². The van der Waals surface area contributed by atoms with E-state index in [1.54, 1.807) is 17.0 Å². The normalized spacial score (nSPS) is 28.1. The van der Waals surface area contributed by atoms with Gasteiger partial charge in [-0.1, -0.05) is 4.49 Å². The van der Waals surface area contributed by atoms with Crippen LogP contribution in [0.4, 0.5) is 9.18 Å². The first-order chi connectivity index (χ1) is 12.1. The van der Waals surface area contributed by atoms with Crippen LogP contribution < -0.4 is 4.74 Å². The molecule has 0 bridgehead atoms. The Balaban J connectivity index is 1.46. The van der Waals surface area contributed by atoms with Crippen molar-refractivity contribution < 1.29 is 19.0 Å². The maximum absolute atomic E-state index is 13.0. The van der Waals surface area contributed by atoms with E-state index in [1.165, 1.54) is 23.7 Å². The van der Waals surface area contributed by atoms with Gasteiger partial charge in [0.05, 0.1) is 11.8 Å². The second-order valence-corrected chi connectivity index (χ2v) is 7.30. The molecule has 0 spiro atoms. The minimum absolute atomic E-state index is 0.0347. The fraction of sp³-hybridized carbons (Fsp3) is 0.471. The molecular formula is C17H18FN3O3S. The Kier molecular flexibility index (Phi) is 4.29. The number of hydrogen-bond acceptors (Lipinski definition) is 5. The predicted molar refractivity (Wildman–Crippen MR) is 89.2 cm³/mol. The number of halogens is 1. The lowest BCUT2D eigenvalue weighted by Gasteiger charge is -2.26. The summed E-state index contributed by atoms with van der Waals surface area (Å²) in [6.45, 7) is 0.533. The quantitative estimate of drug-likeness (QED) is 0.904. The van der Waals surface area contributed by atoms with Crippen molar-refractivity contribution in [3.8, 4) is 5.75 Å². The van der Waals surface area contributed by atoms with Gasteiger partial charge < -0.3 is 14.7 Å². The summed E-state index contributed by atoms with van der Waals surface area (Å²) < 4.78 is 22.9. The minimum Gasteiger partial charge on any atom is -0.490 e. The standard InChI is InChI=1S/C17H18FN3O3S/c18-11-1-3-13(4-2-11)24-14-5-10-8-21(17(22)23)16(15(10)7-14)6-12-9-25-20-19-12/h1-4,9-10,14-16H,5-8H2,(H,22,23)/t10-,14-,15-,16?/m0/s1. The first-order valence-corrected chi connectivity index (χ1v) is 9.11. The molecule has 25 heavy (non-hydrogen) atoms. The van der Waals surface area contributed by atoms with Crippen molar-refractivity contribution in [2.45, 2.75) is 31.4 Å². The van der Waals surface area contributed by atoms with Crippen LogP contribution in [0.2, 0.25) is 0 Å². The smallest absolute Gasteiger partial charge is 0.407 e. The number of rotatable bonds is 4. The summed E-state index contributed by atoms with van der Waals surface area (Å²) in [5.74, 6) is 0.910. The third-order valence-corrected chi connectivity index (χ3v) is 5.77. The van der Waals surface area contributed by atoms with Gasteiger partial charge in [-0.3, -0.25) is 0 Å². The lowest BCUT2D eigenvalue weighted by atomic mass is 9.91. The number of carboxylic acid groups (broad SMARTS) is 1. The highest BCUT2D eigenvalue weighted by molar-refractivity contribution is 7.03. The maximum Gasteiger partial charge on any atom is 0.407 e. The van der Waals surface area contributed by atoms with Gasteiger partial charge in [-0.25, -0.2) is 9.18 Å². The molecule has 1 aliphatic carbocycles. The molecule has 1 amide bonds. The molecular weight excluding hydrogens is 345 g/mol. The average molecular weight is 363 g/mol. The van der Waals surface area contributed by atoms with E-state index in [2.05, 4.69) is 9.59 Å². The predicted octanol–water partition coefficient (Wildman–Crippen LogP) is 3.06. The fourth-order valence-electron chi connectivity index (χ4n) is 4.18. The van der Waals surface area contributed by atoms with Crippen molar-refractivity contribution in [2.24, 2.45) is 11.8 Å². The van der Waals surface area contributed by atoms with Gasteiger partial charge in [0, 0.05) is 24.4 Å². The molecule has 4 atom stereocenters. The van der Waals surface area contributed by atoms with E-state index in [0.29, 0.717) is 18.7 Å². The van der Waals surface area contributed by atoms with E-state index < -0.39 is 6.09 Å². The summed E-state index contributed by atoms with van der Waals surface area (Å²) in [7, 11) is 0. The lowest BCUT2D eigenvalue weighted by molar-refractivity contribution is 0.123. The van der Waals surface area contributed by atoms with Crippen LogP contribution in [0.5, 0.6) is 5.75 Å². The van der Waals surface area contributed by atoms with E-state index in [-0.39, 0.29) is 29.8 Å². The highest BCUT2D eigenvalue weighted by atomic mass is 32.1. The van der Waals surface area contributed by atoms with Gasteiger partial charge >= 0.3 is 6.09 Å². The molecule has 1 unspecified atom stereocenters. The molecule has 1 aromatic heterocycles. The molecule has 1 saturated carbocycles. The van der Waals surface area contributed by atoms with E-state index in [0.717, 1.165) is 18.5 Å². The van der Waals surface area contributed by atoms with Gasteiger partial charge in [0.25, 0.3) is 0 Å². The molecule has 1 N–H and O–H groups in total. The maximum atomic E-state index is 13.0. The zero-order valence-electron chi connectivity index (χ0n) is 13.4. The molecule has 2 heterocycles. The van der Waals surface area contributed by atoms with Crippen molar-refractivity contribution in [1.29, 1.82) is 0 Å². The number of fused-ring (bicyclic) bond motifs is 1. The monoisotopic (exact) mass is 363 g/mol. The van der Waals surface area contributed by atoms with Crippen molar-refractivity contribution in [3.63, 3.8) is 0 Å². The van der Waals surface area contributed by atoms with Crippen molar-refractivity contribution >= 4 is 17.6 Å². The van der Waals surface area contributed by atoms with E-state index in [1.807, 2.05) is 5.38 Å². The van der Waals surface area contributed by atoms with Crippen LogP contribution in [0.1, 0.15) is 18.5 Å². The molecule has 1 aromatic carbocycles. The van der Waals surface area contributed by atoms with Crippen molar-refractivity contribution in [2.75, 3.05) is 6.54 Å². The summed E-state index contributed by atoms with van der Waals surface area (Å²) in [4.78, 5) is 13.1. The molecule has 1 aliphatic heterocycles. The fourth-order valence-corrected chi connectivity index (χ4v) is 4.64. The Bertz CT molecular complexity index is 740. The lowest BCUT2D eigenvalue weighted by Crippen LogP contribution is -2.39. The van der Waals surface area contributed by atoms with E-state index in [9.17, 15) is 14.3 Å². The van der Waals surface area contributed by atoms with Gasteiger partial charge in [0.15, 0.2) is 0 Å². The van der Waals surface area contributed by atoms with Gasteiger partial charge in [-0.2, -0.15) is 0 Å². The molecule has 6 nitrogen and oxygen atoms in total. The highest BCUT2D eigenvalue weighted by Crippen LogP contribution is 2.44. The largest absolute Gasteiger partial charge is 0.490 e. The van der Waals surface area contributed by atoms with Crippen LogP contribution in [0.15, 0.2) is 29.6 Å². The molecule has 0 radical (unpaired) electrons.